The molecule has 2 rings (SSSR count). The van der Waals surface area contributed by atoms with Crippen molar-refractivity contribution in [2.24, 2.45) is 0 Å². The predicted molar refractivity (Wildman–Crippen MR) is 76.3 cm³/mol. The monoisotopic (exact) mass is 247 g/mol. The summed E-state index contributed by atoms with van der Waals surface area (Å²) in [4.78, 5) is 0. The van der Waals surface area contributed by atoms with Crippen molar-refractivity contribution in [3.8, 4) is 5.75 Å². The van der Waals surface area contributed by atoms with Crippen molar-refractivity contribution >= 4 is 0 Å². The molecule has 1 unspecified atom stereocenters. The molecule has 100 valence electrons. The van der Waals surface area contributed by atoms with Crippen molar-refractivity contribution in [3.63, 3.8) is 0 Å². The maximum atomic E-state index is 5.84. The van der Waals surface area contributed by atoms with Crippen LogP contribution in [0.3, 0.4) is 0 Å². The Balaban J connectivity index is 1.82. The molecular weight excluding hydrogens is 222 g/mol. The molecule has 18 heavy (non-hydrogen) atoms. The summed E-state index contributed by atoms with van der Waals surface area (Å²) in [5, 5.41) is 3.46. The molecule has 0 spiro atoms. The molecular formula is C16H25NO. The van der Waals surface area contributed by atoms with Gasteiger partial charge < -0.3 is 10.1 Å². The van der Waals surface area contributed by atoms with Crippen LogP contribution in [0.5, 0.6) is 5.75 Å². The highest BCUT2D eigenvalue weighted by Gasteiger charge is 2.23. The third-order valence-electron chi connectivity index (χ3n) is 3.44. The minimum absolute atomic E-state index is 0.488. The lowest BCUT2D eigenvalue weighted by atomic mass is 9.97. The van der Waals surface area contributed by atoms with Crippen molar-refractivity contribution in [1.29, 1.82) is 0 Å². The van der Waals surface area contributed by atoms with E-state index in [1.807, 2.05) is 0 Å². The van der Waals surface area contributed by atoms with Gasteiger partial charge >= 0.3 is 0 Å². The van der Waals surface area contributed by atoms with Crippen LogP contribution in [0.2, 0.25) is 0 Å². The van der Waals surface area contributed by atoms with Crippen molar-refractivity contribution in [2.45, 2.75) is 51.6 Å². The minimum atomic E-state index is 0.488. The van der Waals surface area contributed by atoms with Gasteiger partial charge in [-0.25, -0.2) is 0 Å². The summed E-state index contributed by atoms with van der Waals surface area (Å²) in [6.45, 7) is 6.72. The van der Waals surface area contributed by atoms with Gasteiger partial charge in [-0.15, -0.1) is 0 Å². The largest absolute Gasteiger partial charge is 0.490 e. The van der Waals surface area contributed by atoms with Crippen LogP contribution >= 0.6 is 0 Å². The first kappa shape index (κ1) is 13.4. The Morgan fingerprint density at radius 1 is 1.33 bits per heavy atom. The van der Waals surface area contributed by atoms with Gasteiger partial charge in [-0.1, -0.05) is 26.0 Å². The zero-order chi connectivity index (χ0) is 12.8. The lowest BCUT2D eigenvalue weighted by molar-refractivity contribution is 0.302. The van der Waals surface area contributed by atoms with Gasteiger partial charge in [0.15, 0.2) is 0 Å². The van der Waals surface area contributed by atoms with Crippen molar-refractivity contribution in [1.82, 2.24) is 5.32 Å². The summed E-state index contributed by atoms with van der Waals surface area (Å²) in [7, 11) is 0. The predicted octanol–water partition coefficient (Wildman–Crippen LogP) is 3.72. The fraction of sp³-hybridized carbons (Fsp3) is 0.625. The zero-order valence-electron chi connectivity index (χ0n) is 11.6. The van der Waals surface area contributed by atoms with Crippen LogP contribution in [0.4, 0.5) is 0 Å². The normalized spacial score (nSPS) is 16.6. The Morgan fingerprint density at radius 3 is 2.89 bits per heavy atom. The molecule has 0 heterocycles. The van der Waals surface area contributed by atoms with Crippen LogP contribution in [0.15, 0.2) is 24.3 Å². The van der Waals surface area contributed by atoms with Gasteiger partial charge in [0.2, 0.25) is 0 Å². The van der Waals surface area contributed by atoms with Crippen LogP contribution in [0, 0.1) is 0 Å². The molecule has 1 aromatic carbocycles. The van der Waals surface area contributed by atoms with E-state index < -0.39 is 0 Å². The molecule has 2 nitrogen and oxygen atoms in total. The molecule has 1 fully saturated rings. The Morgan fingerprint density at radius 2 is 2.17 bits per heavy atom. The second kappa shape index (κ2) is 6.79. The molecule has 0 bridgehead atoms. The maximum absolute atomic E-state index is 5.84. The highest BCUT2D eigenvalue weighted by Crippen LogP contribution is 2.29. The average Bonchev–Trinajstić information content (AvgIpc) is 3.19. The molecule has 0 saturated heterocycles. The summed E-state index contributed by atoms with van der Waals surface area (Å²) in [6, 6.07) is 8.61. The number of benzene rings is 1. The Bertz CT molecular complexity index is 360. The van der Waals surface area contributed by atoms with E-state index in [9.17, 15) is 0 Å². The van der Waals surface area contributed by atoms with Gasteiger partial charge in [-0.2, -0.15) is 0 Å². The van der Waals surface area contributed by atoms with E-state index in [2.05, 4.69) is 43.4 Å². The Hall–Kier alpha value is -1.02. The highest BCUT2D eigenvalue weighted by molar-refractivity contribution is 5.31. The van der Waals surface area contributed by atoms with E-state index in [0.29, 0.717) is 12.0 Å². The zero-order valence-corrected chi connectivity index (χ0v) is 11.6. The third kappa shape index (κ3) is 4.34. The van der Waals surface area contributed by atoms with Gasteiger partial charge in [-0.05, 0) is 62.4 Å². The van der Waals surface area contributed by atoms with Crippen LogP contribution in [-0.4, -0.2) is 19.2 Å². The van der Waals surface area contributed by atoms with Crippen LogP contribution in [-0.2, 0) is 0 Å². The molecule has 1 atom stereocenters. The molecule has 0 aromatic heterocycles. The lowest BCUT2D eigenvalue weighted by Gasteiger charge is -2.14. The molecule has 2 heteroatoms. The van der Waals surface area contributed by atoms with Crippen LogP contribution in [0.25, 0.3) is 0 Å². The summed E-state index contributed by atoms with van der Waals surface area (Å²) in [6.07, 6.45) is 5.33. The van der Waals surface area contributed by atoms with E-state index in [-0.39, 0.29) is 0 Å². The second-order valence-corrected chi connectivity index (χ2v) is 5.33. The molecule has 1 saturated carbocycles. The molecule has 0 aliphatic heterocycles. The molecule has 0 amide bonds. The number of hydrogen-bond acceptors (Lipinski definition) is 2. The molecule has 1 aliphatic carbocycles. The number of hydrogen-bond donors (Lipinski definition) is 1. The SMILES string of the molecule is CCCNCCC(C)c1cccc(OC2CC2)c1. The molecule has 0 radical (unpaired) electrons. The first-order chi connectivity index (χ1) is 8.79. The number of ether oxygens (including phenoxy) is 1. The van der Waals surface area contributed by atoms with Gasteiger partial charge in [-0.3, -0.25) is 0 Å². The van der Waals surface area contributed by atoms with Crippen molar-refractivity contribution < 1.29 is 4.74 Å². The third-order valence-corrected chi connectivity index (χ3v) is 3.44. The molecule has 1 N–H and O–H groups in total. The smallest absolute Gasteiger partial charge is 0.119 e. The fourth-order valence-electron chi connectivity index (χ4n) is 2.06. The highest BCUT2D eigenvalue weighted by atomic mass is 16.5. The quantitative estimate of drug-likeness (QED) is 0.707. The van der Waals surface area contributed by atoms with E-state index in [4.69, 9.17) is 4.74 Å². The van der Waals surface area contributed by atoms with E-state index >= 15 is 0 Å². The van der Waals surface area contributed by atoms with Gasteiger partial charge in [0.05, 0.1) is 6.10 Å². The van der Waals surface area contributed by atoms with E-state index in [0.717, 1.165) is 18.8 Å². The standard InChI is InChI=1S/C16H25NO/c1-3-10-17-11-9-13(2)14-5-4-6-16(12-14)18-15-7-8-15/h4-6,12-13,15,17H,3,7-11H2,1-2H3. The molecule has 1 aromatic rings. The van der Waals surface area contributed by atoms with E-state index in [1.165, 1.54) is 31.2 Å². The fourth-order valence-corrected chi connectivity index (χ4v) is 2.06. The number of nitrogens with one attached hydrogen (secondary N) is 1. The van der Waals surface area contributed by atoms with E-state index in [1.54, 1.807) is 0 Å². The lowest BCUT2D eigenvalue weighted by Crippen LogP contribution is -2.17. The van der Waals surface area contributed by atoms with Crippen LogP contribution < -0.4 is 10.1 Å². The first-order valence-corrected chi connectivity index (χ1v) is 7.27. The topological polar surface area (TPSA) is 21.3 Å². The van der Waals surface area contributed by atoms with Gasteiger partial charge in [0.1, 0.15) is 5.75 Å². The Labute approximate surface area is 111 Å². The summed E-state index contributed by atoms with van der Waals surface area (Å²) in [5.74, 6) is 1.64. The second-order valence-electron chi connectivity index (χ2n) is 5.33. The number of rotatable bonds is 8. The summed E-state index contributed by atoms with van der Waals surface area (Å²) >= 11 is 0. The maximum Gasteiger partial charge on any atom is 0.119 e. The minimum Gasteiger partial charge on any atom is -0.490 e. The van der Waals surface area contributed by atoms with Crippen molar-refractivity contribution in [2.75, 3.05) is 13.1 Å². The first-order valence-electron chi connectivity index (χ1n) is 7.27. The average molecular weight is 247 g/mol. The van der Waals surface area contributed by atoms with Crippen LogP contribution in [0.1, 0.15) is 51.0 Å². The van der Waals surface area contributed by atoms with Crippen molar-refractivity contribution in [3.05, 3.63) is 29.8 Å². The summed E-state index contributed by atoms with van der Waals surface area (Å²) < 4.78 is 5.84. The Kier molecular flexibility index (Phi) is 5.06. The van der Waals surface area contributed by atoms with Gasteiger partial charge in [0.25, 0.3) is 0 Å². The molecule has 1 aliphatic rings. The van der Waals surface area contributed by atoms with Gasteiger partial charge in [0, 0.05) is 0 Å². The summed E-state index contributed by atoms with van der Waals surface area (Å²) in [5.41, 5.74) is 1.39.